The number of carbonyl (C=O) groups excluding carboxylic acids is 4. The second kappa shape index (κ2) is 9.55. The molecule has 0 saturated heterocycles. The summed E-state index contributed by atoms with van der Waals surface area (Å²) < 4.78 is 0. The molecular weight excluding hydrogens is 394 g/mol. The number of hydrogen-bond donors (Lipinski definition) is 1. The zero-order valence-electron chi connectivity index (χ0n) is 18.1. The van der Waals surface area contributed by atoms with Crippen molar-refractivity contribution >= 4 is 23.6 Å². The van der Waals surface area contributed by atoms with Crippen LogP contribution in [0.1, 0.15) is 51.6 Å². The Bertz CT molecular complexity index is 982. The first-order valence-electron chi connectivity index (χ1n) is 10.3. The summed E-state index contributed by atoms with van der Waals surface area (Å²) in [6.07, 6.45) is 0.454. The summed E-state index contributed by atoms with van der Waals surface area (Å²) in [7, 11) is 1.54. The molecule has 31 heavy (non-hydrogen) atoms. The highest BCUT2D eigenvalue weighted by Gasteiger charge is 2.35. The molecular formula is C24H27N3O4. The van der Waals surface area contributed by atoms with E-state index in [1.165, 1.54) is 16.8 Å². The molecule has 162 valence electrons. The van der Waals surface area contributed by atoms with E-state index >= 15 is 0 Å². The van der Waals surface area contributed by atoms with E-state index in [2.05, 4.69) is 5.32 Å². The van der Waals surface area contributed by atoms with Crippen molar-refractivity contribution in [1.29, 1.82) is 0 Å². The summed E-state index contributed by atoms with van der Waals surface area (Å²) in [5.41, 5.74) is 2.80. The minimum absolute atomic E-state index is 0.126. The van der Waals surface area contributed by atoms with E-state index in [1.807, 2.05) is 31.2 Å². The van der Waals surface area contributed by atoms with Gasteiger partial charge in [0.1, 0.15) is 6.04 Å². The number of carbonyl (C=O) groups is 4. The van der Waals surface area contributed by atoms with E-state index in [1.54, 1.807) is 31.2 Å². The first kappa shape index (κ1) is 22.2. The molecule has 0 aromatic heterocycles. The number of hydrogen-bond acceptors (Lipinski definition) is 4. The Hall–Kier alpha value is -3.48. The molecule has 1 heterocycles. The molecule has 1 aliphatic rings. The van der Waals surface area contributed by atoms with Crippen molar-refractivity contribution in [1.82, 2.24) is 15.1 Å². The van der Waals surface area contributed by atoms with Crippen molar-refractivity contribution in [2.45, 2.75) is 39.3 Å². The Morgan fingerprint density at radius 3 is 2.26 bits per heavy atom. The molecule has 7 nitrogen and oxygen atoms in total. The number of benzene rings is 2. The fourth-order valence-electron chi connectivity index (χ4n) is 3.77. The summed E-state index contributed by atoms with van der Waals surface area (Å²) >= 11 is 0. The van der Waals surface area contributed by atoms with Gasteiger partial charge in [-0.05, 0) is 38.0 Å². The van der Waals surface area contributed by atoms with Gasteiger partial charge in [0, 0.05) is 26.6 Å². The molecule has 0 radical (unpaired) electrons. The van der Waals surface area contributed by atoms with E-state index in [4.69, 9.17) is 0 Å². The third-order valence-electron chi connectivity index (χ3n) is 5.50. The van der Waals surface area contributed by atoms with Gasteiger partial charge in [0.2, 0.25) is 11.8 Å². The Balaban J connectivity index is 1.66. The van der Waals surface area contributed by atoms with Crippen LogP contribution in [0.5, 0.6) is 0 Å². The maximum atomic E-state index is 13.0. The first-order chi connectivity index (χ1) is 14.8. The predicted molar refractivity (Wildman–Crippen MR) is 116 cm³/mol. The van der Waals surface area contributed by atoms with Gasteiger partial charge in [-0.1, -0.05) is 42.0 Å². The van der Waals surface area contributed by atoms with Crippen LogP contribution >= 0.6 is 0 Å². The van der Waals surface area contributed by atoms with E-state index in [0.717, 1.165) is 11.1 Å². The first-order valence-corrected chi connectivity index (χ1v) is 10.3. The molecule has 3 rings (SSSR count). The second-order valence-corrected chi connectivity index (χ2v) is 7.71. The SMILES string of the molecule is CNC(=O)[C@@H](C)N(Cc1cccc(C)c1)C(=O)CCCN1C(=O)c2ccccc2C1=O. The second-order valence-electron chi connectivity index (χ2n) is 7.71. The van der Waals surface area contributed by atoms with Crippen LogP contribution in [0.3, 0.4) is 0 Å². The minimum atomic E-state index is -0.641. The molecule has 1 N–H and O–H groups in total. The molecule has 1 atom stereocenters. The van der Waals surface area contributed by atoms with Gasteiger partial charge < -0.3 is 10.2 Å². The summed E-state index contributed by atoms with van der Waals surface area (Å²) in [6.45, 7) is 4.13. The Kier molecular flexibility index (Phi) is 6.84. The average Bonchev–Trinajstić information content (AvgIpc) is 3.01. The number of aryl methyl sites for hydroxylation is 1. The summed E-state index contributed by atoms with van der Waals surface area (Å²) in [5.74, 6) is -1.11. The van der Waals surface area contributed by atoms with Crippen LogP contribution in [0.2, 0.25) is 0 Å². The summed E-state index contributed by atoms with van der Waals surface area (Å²) in [5, 5.41) is 2.59. The van der Waals surface area contributed by atoms with Crippen LogP contribution in [0.25, 0.3) is 0 Å². The molecule has 0 fully saturated rings. The molecule has 0 saturated carbocycles. The zero-order chi connectivity index (χ0) is 22.5. The van der Waals surface area contributed by atoms with E-state index < -0.39 is 6.04 Å². The lowest BCUT2D eigenvalue weighted by molar-refractivity contribution is -0.140. The highest BCUT2D eigenvalue weighted by molar-refractivity contribution is 6.21. The maximum Gasteiger partial charge on any atom is 0.261 e. The molecule has 1 aliphatic heterocycles. The van der Waals surface area contributed by atoms with E-state index in [9.17, 15) is 19.2 Å². The Morgan fingerprint density at radius 1 is 1.03 bits per heavy atom. The van der Waals surface area contributed by atoms with E-state index in [0.29, 0.717) is 24.1 Å². The number of rotatable bonds is 8. The number of nitrogens with one attached hydrogen (secondary N) is 1. The highest BCUT2D eigenvalue weighted by atomic mass is 16.2. The van der Waals surface area contributed by atoms with Crippen molar-refractivity contribution < 1.29 is 19.2 Å². The van der Waals surface area contributed by atoms with Gasteiger partial charge in [0.25, 0.3) is 11.8 Å². The monoisotopic (exact) mass is 421 g/mol. The highest BCUT2D eigenvalue weighted by Crippen LogP contribution is 2.23. The van der Waals surface area contributed by atoms with Crippen LogP contribution in [-0.2, 0) is 16.1 Å². The fraction of sp³-hybridized carbons (Fsp3) is 0.333. The quantitative estimate of drug-likeness (QED) is 0.664. The molecule has 2 aromatic rings. The lowest BCUT2D eigenvalue weighted by Gasteiger charge is -2.28. The largest absolute Gasteiger partial charge is 0.357 e. The smallest absolute Gasteiger partial charge is 0.261 e. The van der Waals surface area contributed by atoms with Crippen molar-refractivity contribution in [2.24, 2.45) is 0 Å². The Morgan fingerprint density at radius 2 is 1.68 bits per heavy atom. The van der Waals surface area contributed by atoms with Crippen molar-refractivity contribution in [3.63, 3.8) is 0 Å². The number of imide groups is 1. The number of fused-ring (bicyclic) bond motifs is 1. The molecule has 0 spiro atoms. The van der Waals surface area contributed by atoms with Gasteiger partial charge in [0.05, 0.1) is 11.1 Å². The number of nitrogens with zero attached hydrogens (tertiary/aromatic N) is 2. The van der Waals surface area contributed by atoms with Gasteiger partial charge in [0.15, 0.2) is 0 Å². The van der Waals surface area contributed by atoms with Crippen LogP contribution in [-0.4, -0.2) is 53.1 Å². The number of likely N-dealkylation sites (N-methyl/N-ethyl adjacent to an activating group) is 1. The average molecular weight is 421 g/mol. The van der Waals surface area contributed by atoms with Gasteiger partial charge in [-0.3, -0.25) is 24.1 Å². The van der Waals surface area contributed by atoms with Crippen LogP contribution in [0.15, 0.2) is 48.5 Å². The van der Waals surface area contributed by atoms with E-state index in [-0.39, 0.29) is 36.6 Å². The minimum Gasteiger partial charge on any atom is -0.357 e. The maximum absolute atomic E-state index is 13.0. The fourth-order valence-corrected chi connectivity index (χ4v) is 3.77. The molecule has 2 aromatic carbocycles. The third-order valence-corrected chi connectivity index (χ3v) is 5.50. The van der Waals surface area contributed by atoms with Crippen molar-refractivity contribution in [2.75, 3.05) is 13.6 Å². The third kappa shape index (κ3) is 4.82. The summed E-state index contributed by atoms with van der Waals surface area (Å²) in [6, 6.07) is 13.9. The molecule has 7 heteroatoms. The topological polar surface area (TPSA) is 86.8 Å². The summed E-state index contributed by atoms with van der Waals surface area (Å²) in [4.78, 5) is 52.9. The normalized spacial score (nSPS) is 13.7. The van der Waals surface area contributed by atoms with Gasteiger partial charge in [-0.15, -0.1) is 0 Å². The lowest BCUT2D eigenvalue weighted by atomic mass is 10.1. The van der Waals surface area contributed by atoms with Crippen molar-refractivity contribution in [3.8, 4) is 0 Å². The predicted octanol–water partition coefficient (Wildman–Crippen LogP) is 2.53. The molecule has 0 unspecified atom stereocenters. The van der Waals surface area contributed by atoms with Crippen LogP contribution < -0.4 is 5.32 Å². The standard InChI is InChI=1S/C24H27N3O4/c1-16-8-6-9-18(14-16)15-27(17(2)22(29)25-3)21(28)12-7-13-26-23(30)19-10-4-5-11-20(19)24(26)31/h4-6,8-11,14,17H,7,12-13,15H2,1-3H3,(H,25,29)/t17-/m1/s1. The van der Waals surface area contributed by atoms with Crippen molar-refractivity contribution in [3.05, 3.63) is 70.8 Å². The van der Waals surface area contributed by atoms with Gasteiger partial charge in [-0.2, -0.15) is 0 Å². The van der Waals surface area contributed by atoms with Gasteiger partial charge >= 0.3 is 0 Å². The number of amides is 4. The van der Waals surface area contributed by atoms with Gasteiger partial charge in [-0.25, -0.2) is 0 Å². The molecule has 0 bridgehead atoms. The Labute approximate surface area is 182 Å². The zero-order valence-corrected chi connectivity index (χ0v) is 18.1. The molecule has 4 amide bonds. The molecule has 0 aliphatic carbocycles. The van der Waals surface area contributed by atoms with Crippen LogP contribution in [0.4, 0.5) is 0 Å². The lowest BCUT2D eigenvalue weighted by Crippen LogP contribution is -2.46. The van der Waals surface area contributed by atoms with Crippen LogP contribution in [0, 0.1) is 6.92 Å².